The maximum Gasteiger partial charge on any atom is 0.312 e. The predicted octanol–water partition coefficient (Wildman–Crippen LogP) is 4.23. The molecule has 0 radical (unpaired) electrons. The summed E-state index contributed by atoms with van der Waals surface area (Å²) in [5.41, 5.74) is 1.45. The third kappa shape index (κ3) is 4.63. The van der Waals surface area contributed by atoms with Crippen molar-refractivity contribution in [1.29, 1.82) is 0 Å². The zero-order valence-corrected chi connectivity index (χ0v) is 18.1. The van der Waals surface area contributed by atoms with E-state index in [-0.39, 0.29) is 18.1 Å². The van der Waals surface area contributed by atoms with Gasteiger partial charge in [-0.1, -0.05) is 36.2 Å². The molecule has 1 atom stereocenters. The van der Waals surface area contributed by atoms with Crippen LogP contribution in [0, 0.1) is 29.9 Å². The van der Waals surface area contributed by atoms with Gasteiger partial charge < -0.3 is 5.32 Å². The Morgan fingerprint density at radius 2 is 1.90 bits per heavy atom. The van der Waals surface area contributed by atoms with Gasteiger partial charge in [-0.05, 0) is 26.0 Å². The van der Waals surface area contributed by atoms with Gasteiger partial charge in [-0.25, -0.2) is 0 Å². The molecule has 0 saturated carbocycles. The molecule has 2 aromatic heterocycles. The number of nitrogens with zero attached hydrogens (tertiary/aromatic N) is 5. The van der Waals surface area contributed by atoms with Gasteiger partial charge in [-0.15, -0.1) is 0 Å². The number of halogens is 2. The van der Waals surface area contributed by atoms with Crippen molar-refractivity contribution in [2.45, 2.75) is 33.9 Å². The van der Waals surface area contributed by atoms with Crippen LogP contribution in [-0.4, -0.2) is 30.4 Å². The van der Waals surface area contributed by atoms with Crippen molar-refractivity contribution in [2.24, 2.45) is 5.92 Å². The van der Waals surface area contributed by atoms with Crippen LogP contribution in [0.15, 0.2) is 30.5 Å². The van der Waals surface area contributed by atoms with Crippen molar-refractivity contribution in [3.63, 3.8) is 0 Å². The van der Waals surface area contributed by atoms with Crippen LogP contribution in [0.5, 0.6) is 0 Å². The predicted molar refractivity (Wildman–Crippen MR) is 114 cm³/mol. The van der Waals surface area contributed by atoms with E-state index in [1.807, 2.05) is 0 Å². The van der Waals surface area contributed by atoms with Crippen LogP contribution in [0.2, 0.25) is 10.0 Å². The third-order valence-electron chi connectivity index (χ3n) is 4.69. The van der Waals surface area contributed by atoms with Gasteiger partial charge in [0.25, 0.3) is 0 Å². The molecule has 2 heterocycles. The lowest BCUT2D eigenvalue weighted by Gasteiger charge is -2.12. The monoisotopic (exact) mass is 450 g/mol. The second kappa shape index (κ2) is 8.85. The Morgan fingerprint density at radius 3 is 2.50 bits per heavy atom. The molecule has 0 spiro atoms. The number of nitrogens with one attached hydrogen (secondary N) is 1. The fourth-order valence-electron chi connectivity index (χ4n) is 3.08. The number of nitro groups is 1. The van der Waals surface area contributed by atoms with E-state index in [2.05, 4.69) is 15.5 Å². The van der Waals surface area contributed by atoms with Gasteiger partial charge in [0, 0.05) is 27.9 Å². The average Bonchev–Trinajstić information content (AvgIpc) is 3.22. The minimum atomic E-state index is -0.481. The lowest BCUT2D eigenvalue weighted by atomic mass is 10.1. The molecular formula is C19H20Cl2N6O3. The normalized spacial score (nSPS) is 12.0. The maximum atomic E-state index is 12.6. The Bertz CT molecular complexity index is 1090. The van der Waals surface area contributed by atoms with Crippen molar-refractivity contribution >= 4 is 40.6 Å². The molecule has 30 heavy (non-hydrogen) atoms. The lowest BCUT2D eigenvalue weighted by molar-refractivity contribution is -0.386. The zero-order chi connectivity index (χ0) is 22.0. The Hall–Kier alpha value is -2.91. The summed E-state index contributed by atoms with van der Waals surface area (Å²) >= 11 is 12.4. The summed E-state index contributed by atoms with van der Waals surface area (Å²) in [6.45, 7) is 5.48. The Labute approximate surface area is 182 Å². The van der Waals surface area contributed by atoms with Crippen LogP contribution < -0.4 is 5.32 Å². The van der Waals surface area contributed by atoms with E-state index in [1.165, 1.54) is 4.68 Å². The van der Waals surface area contributed by atoms with Crippen molar-refractivity contribution in [1.82, 2.24) is 19.6 Å². The summed E-state index contributed by atoms with van der Waals surface area (Å²) < 4.78 is 3.10. The highest BCUT2D eigenvalue weighted by Gasteiger charge is 2.24. The van der Waals surface area contributed by atoms with Gasteiger partial charge >= 0.3 is 5.69 Å². The first kappa shape index (κ1) is 21.8. The van der Waals surface area contributed by atoms with E-state index >= 15 is 0 Å². The SMILES string of the molecule is Cc1nn(CC(C)C(=O)Nc2ccn(Cc3c(Cl)cccc3Cl)n2)c(C)c1[N+](=O)[O-]. The first-order chi connectivity index (χ1) is 14.2. The van der Waals surface area contributed by atoms with Crippen molar-refractivity contribution < 1.29 is 9.72 Å². The molecule has 11 heteroatoms. The van der Waals surface area contributed by atoms with Gasteiger partial charge in [-0.2, -0.15) is 10.2 Å². The van der Waals surface area contributed by atoms with Crippen LogP contribution in [0.25, 0.3) is 0 Å². The molecular weight excluding hydrogens is 431 g/mol. The van der Waals surface area contributed by atoms with Crippen LogP contribution >= 0.6 is 23.2 Å². The minimum Gasteiger partial charge on any atom is -0.309 e. The van der Waals surface area contributed by atoms with Crippen molar-refractivity contribution in [3.05, 3.63) is 67.6 Å². The molecule has 158 valence electrons. The molecule has 3 rings (SSSR count). The molecule has 1 aromatic carbocycles. The molecule has 0 aliphatic rings. The highest BCUT2D eigenvalue weighted by Crippen LogP contribution is 2.25. The molecule has 1 N–H and O–H groups in total. The Kier molecular flexibility index (Phi) is 6.42. The molecule has 1 unspecified atom stereocenters. The van der Waals surface area contributed by atoms with Crippen LogP contribution in [0.4, 0.5) is 11.5 Å². The van der Waals surface area contributed by atoms with E-state index in [4.69, 9.17) is 23.2 Å². The number of hydrogen-bond acceptors (Lipinski definition) is 5. The number of aromatic nitrogens is 4. The van der Waals surface area contributed by atoms with Crippen LogP contribution in [0.1, 0.15) is 23.9 Å². The number of anilines is 1. The van der Waals surface area contributed by atoms with Crippen molar-refractivity contribution in [2.75, 3.05) is 5.32 Å². The summed E-state index contributed by atoms with van der Waals surface area (Å²) in [4.78, 5) is 23.2. The maximum absolute atomic E-state index is 12.6. The smallest absolute Gasteiger partial charge is 0.309 e. The molecule has 9 nitrogen and oxygen atoms in total. The molecule has 0 aliphatic heterocycles. The summed E-state index contributed by atoms with van der Waals surface area (Å²) in [6.07, 6.45) is 1.71. The van der Waals surface area contributed by atoms with Crippen LogP contribution in [-0.2, 0) is 17.9 Å². The fraction of sp³-hybridized carbons (Fsp3) is 0.316. The topological polar surface area (TPSA) is 108 Å². The number of carbonyl (C=O) groups excluding carboxylic acids is 1. The quantitative estimate of drug-likeness (QED) is 0.427. The standard InChI is InChI=1S/C19H20Cl2N6O3/c1-11(9-26-13(3)18(27(29)30)12(2)23-26)19(28)22-17-7-8-25(24-17)10-14-15(20)5-4-6-16(14)21/h4-8,11H,9-10H2,1-3H3,(H,22,24,28). The number of aryl methyl sites for hydroxylation is 1. The molecule has 3 aromatic rings. The van der Waals surface area contributed by atoms with E-state index < -0.39 is 10.8 Å². The number of amides is 1. The Morgan fingerprint density at radius 1 is 1.23 bits per heavy atom. The van der Waals surface area contributed by atoms with E-state index in [9.17, 15) is 14.9 Å². The van der Waals surface area contributed by atoms with E-state index in [0.29, 0.717) is 33.8 Å². The number of rotatable bonds is 7. The highest BCUT2D eigenvalue weighted by atomic mass is 35.5. The fourth-order valence-corrected chi connectivity index (χ4v) is 3.60. The average molecular weight is 451 g/mol. The van der Waals surface area contributed by atoms with Crippen LogP contribution in [0.3, 0.4) is 0 Å². The van der Waals surface area contributed by atoms with Gasteiger partial charge in [0.2, 0.25) is 5.91 Å². The number of benzene rings is 1. The summed E-state index contributed by atoms with van der Waals surface area (Å²) in [7, 11) is 0. The summed E-state index contributed by atoms with van der Waals surface area (Å²) in [5, 5.41) is 23.5. The highest BCUT2D eigenvalue weighted by molar-refractivity contribution is 6.35. The lowest BCUT2D eigenvalue weighted by Crippen LogP contribution is -2.25. The summed E-state index contributed by atoms with van der Waals surface area (Å²) in [5.74, 6) is -0.369. The largest absolute Gasteiger partial charge is 0.312 e. The molecule has 0 aliphatic carbocycles. The second-order valence-electron chi connectivity index (χ2n) is 6.95. The molecule has 0 bridgehead atoms. The van der Waals surface area contributed by atoms with Gasteiger partial charge in [0.1, 0.15) is 11.4 Å². The Balaban J connectivity index is 1.65. The second-order valence-corrected chi connectivity index (χ2v) is 7.76. The first-order valence-corrected chi connectivity index (χ1v) is 9.88. The third-order valence-corrected chi connectivity index (χ3v) is 5.40. The summed E-state index contributed by atoms with van der Waals surface area (Å²) in [6, 6.07) is 6.94. The zero-order valence-electron chi connectivity index (χ0n) is 16.6. The first-order valence-electron chi connectivity index (χ1n) is 9.13. The van der Waals surface area contributed by atoms with Gasteiger partial charge in [0.05, 0.1) is 23.9 Å². The number of carbonyl (C=O) groups is 1. The van der Waals surface area contributed by atoms with E-state index in [1.54, 1.807) is 55.9 Å². The number of hydrogen-bond donors (Lipinski definition) is 1. The van der Waals surface area contributed by atoms with Crippen molar-refractivity contribution in [3.8, 4) is 0 Å². The minimum absolute atomic E-state index is 0.0282. The molecule has 0 saturated heterocycles. The molecule has 0 fully saturated rings. The van der Waals surface area contributed by atoms with Gasteiger partial charge in [-0.3, -0.25) is 24.3 Å². The van der Waals surface area contributed by atoms with E-state index in [0.717, 1.165) is 5.56 Å². The van der Waals surface area contributed by atoms with Gasteiger partial charge in [0.15, 0.2) is 5.82 Å². The molecule has 1 amide bonds.